The Morgan fingerprint density at radius 1 is 1.26 bits per heavy atom. The van der Waals surface area contributed by atoms with Crippen LogP contribution in [0.5, 0.6) is 0 Å². The molecule has 2 heterocycles. The van der Waals surface area contributed by atoms with Crippen molar-refractivity contribution in [1.82, 2.24) is 20.5 Å². The molecule has 0 bridgehead atoms. The molecule has 2 aromatic heterocycles. The lowest BCUT2D eigenvalue weighted by Gasteiger charge is -1.99. The second-order valence-electron chi connectivity index (χ2n) is 4.54. The molecular formula is C14H20N4O. The molecule has 0 aromatic carbocycles. The summed E-state index contributed by atoms with van der Waals surface area (Å²) >= 11 is 0. The first-order valence-corrected chi connectivity index (χ1v) is 6.75. The van der Waals surface area contributed by atoms with E-state index in [0.29, 0.717) is 11.8 Å². The maximum atomic E-state index is 5.65. The lowest BCUT2D eigenvalue weighted by atomic mass is 10.2. The van der Waals surface area contributed by atoms with Crippen molar-refractivity contribution in [1.29, 1.82) is 0 Å². The van der Waals surface area contributed by atoms with Crippen LogP contribution >= 0.6 is 0 Å². The Morgan fingerprint density at radius 2 is 2.16 bits per heavy atom. The normalized spacial score (nSPS) is 10.8. The van der Waals surface area contributed by atoms with E-state index in [1.807, 2.05) is 19.1 Å². The van der Waals surface area contributed by atoms with Crippen molar-refractivity contribution in [2.75, 3.05) is 13.1 Å². The average Bonchev–Trinajstić information content (AvgIpc) is 2.87. The highest BCUT2D eigenvalue weighted by atomic mass is 16.4. The Hall–Kier alpha value is -1.75. The number of pyridine rings is 1. The summed E-state index contributed by atoms with van der Waals surface area (Å²) < 4.78 is 5.65. The SMILES string of the molecule is CCCNCCCc1nnc(-c2ccnc(C)c2)o1. The summed E-state index contributed by atoms with van der Waals surface area (Å²) in [5.74, 6) is 1.27. The quantitative estimate of drug-likeness (QED) is 0.774. The zero-order valence-electron chi connectivity index (χ0n) is 11.5. The Bertz CT molecular complexity index is 510. The number of nitrogens with one attached hydrogen (secondary N) is 1. The highest BCUT2D eigenvalue weighted by Crippen LogP contribution is 2.18. The van der Waals surface area contributed by atoms with E-state index < -0.39 is 0 Å². The first kappa shape index (κ1) is 13.7. The van der Waals surface area contributed by atoms with Crippen molar-refractivity contribution >= 4 is 0 Å². The third-order valence-electron chi connectivity index (χ3n) is 2.78. The fraction of sp³-hybridized carbons (Fsp3) is 0.500. The third kappa shape index (κ3) is 4.13. The summed E-state index contributed by atoms with van der Waals surface area (Å²) in [6.45, 7) is 6.15. The molecule has 1 N–H and O–H groups in total. The Labute approximate surface area is 113 Å². The number of hydrogen-bond acceptors (Lipinski definition) is 5. The maximum Gasteiger partial charge on any atom is 0.247 e. The van der Waals surface area contributed by atoms with Gasteiger partial charge in [0.25, 0.3) is 0 Å². The predicted octanol–water partition coefficient (Wildman–Crippen LogP) is 2.37. The second-order valence-corrected chi connectivity index (χ2v) is 4.54. The van der Waals surface area contributed by atoms with Gasteiger partial charge in [-0.25, -0.2) is 0 Å². The van der Waals surface area contributed by atoms with Gasteiger partial charge in [0, 0.05) is 23.9 Å². The van der Waals surface area contributed by atoms with Crippen LogP contribution in [0.1, 0.15) is 31.4 Å². The molecule has 0 radical (unpaired) electrons. The number of aromatic nitrogens is 3. The zero-order chi connectivity index (χ0) is 13.5. The molecule has 0 saturated carbocycles. The number of hydrogen-bond donors (Lipinski definition) is 1. The first-order chi connectivity index (χ1) is 9.29. The predicted molar refractivity (Wildman–Crippen MR) is 73.7 cm³/mol. The molecule has 2 aromatic rings. The van der Waals surface area contributed by atoms with Gasteiger partial charge in [-0.05, 0) is 45.0 Å². The van der Waals surface area contributed by atoms with Gasteiger partial charge in [0.1, 0.15) is 0 Å². The van der Waals surface area contributed by atoms with E-state index in [4.69, 9.17) is 4.42 Å². The van der Waals surface area contributed by atoms with Crippen molar-refractivity contribution < 1.29 is 4.42 Å². The average molecular weight is 260 g/mol. The van der Waals surface area contributed by atoms with E-state index in [0.717, 1.165) is 43.6 Å². The molecule has 2 rings (SSSR count). The standard InChI is InChI=1S/C14H20N4O/c1-3-7-15-8-4-5-13-17-18-14(19-13)12-6-9-16-11(2)10-12/h6,9-10,15H,3-5,7-8H2,1-2H3. The minimum Gasteiger partial charge on any atom is -0.421 e. The third-order valence-corrected chi connectivity index (χ3v) is 2.78. The zero-order valence-corrected chi connectivity index (χ0v) is 11.5. The molecule has 0 aliphatic heterocycles. The van der Waals surface area contributed by atoms with E-state index in [2.05, 4.69) is 27.4 Å². The van der Waals surface area contributed by atoms with Gasteiger partial charge in [-0.2, -0.15) is 0 Å². The van der Waals surface area contributed by atoms with Crippen LogP contribution in [0.3, 0.4) is 0 Å². The first-order valence-electron chi connectivity index (χ1n) is 6.75. The number of aryl methyl sites for hydroxylation is 2. The fourth-order valence-corrected chi connectivity index (χ4v) is 1.82. The molecule has 0 aliphatic carbocycles. The van der Waals surface area contributed by atoms with E-state index in [1.54, 1.807) is 6.20 Å². The van der Waals surface area contributed by atoms with E-state index in [1.165, 1.54) is 0 Å². The summed E-state index contributed by atoms with van der Waals surface area (Å²) in [5, 5.41) is 11.5. The number of rotatable bonds is 7. The molecule has 0 amide bonds. The minimum atomic E-state index is 0.571. The summed E-state index contributed by atoms with van der Waals surface area (Å²) in [5.41, 5.74) is 1.87. The monoisotopic (exact) mass is 260 g/mol. The summed E-state index contributed by atoms with van der Waals surface area (Å²) in [7, 11) is 0. The van der Waals surface area contributed by atoms with E-state index in [-0.39, 0.29) is 0 Å². The van der Waals surface area contributed by atoms with Gasteiger partial charge in [0.2, 0.25) is 11.8 Å². The van der Waals surface area contributed by atoms with Crippen LogP contribution < -0.4 is 5.32 Å². The van der Waals surface area contributed by atoms with Gasteiger partial charge < -0.3 is 9.73 Å². The van der Waals surface area contributed by atoms with Gasteiger partial charge >= 0.3 is 0 Å². The molecule has 0 unspecified atom stereocenters. The molecule has 19 heavy (non-hydrogen) atoms. The van der Waals surface area contributed by atoms with Crippen LogP contribution in [0.25, 0.3) is 11.5 Å². The molecule has 102 valence electrons. The summed E-state index contributed by atoms with van der Waals surface area (Å²) in [6.07, 6.45) is 4.74. The van der Waals surface area contributed by atoms with Gasteiger partial charge in [-0.1, -0.05) is 6.92 Å². The van der Waals surface area contributed by atoms with Gasteiger partial charge in [-0.15, -0.1) is 10.2 Å². The minimum absolute atomic E-state index is 0.571. The lowest BCUT2D eigenvalue weighted by molar-refractivity contribution is 0.491. The molecule has 5 nitrogen and oxygen atoms in total. The maximum absolute atomic E-state index is 5.65. The molecule has 5 heteroatoms. The van der Waals surface area contributed by atoms with Crippen LogP contribution in [0, 0.1) is 6.92 Å². The largest absolute Gasteiger partial charge is 0.421 e. The van der Waals surface area contributed by atoms with Crippen LogP contribution in [0.4, 0.5) is 0 Å². The Morgan fingerprint density at radius 3 is 2.95 bits per heavy atom. The van der Waals surface area contributed by atoms with Gasteiger partial charge in [0.05, 0.1) is 0 Å². The van der Waals surface area contributed by atoms with Crippen molar-refractivity contribution in [3.63, 3.8) is 0 Å². The molecular weight excluding hydrogens is 240 g/mol. The summed E-state index contributed by atoms with van der Waals surface area (Å²) in [6, 6.07) is 3.83. The topological polar surface area (TPSA) is 63.8 Å². The number of nitrogens with zero attached hydrogens (tertiary/aromatic N) is 3. The van der Waals surface area contributed by atoms with Crippen molar-refractivity contribution in [2.45, 2.75) is 33.1 Å². The van der Waals surface area contributed by atoms with Crippen LogP contribution in [-0.2, 0) is 6.42 Å². The lowest BCUT2D eigenvalue weighted by Crippen LogP contribution is -2.16. The van der Waals surface area contributed by atoms with E-state index >= 15 is 0 Å². The molecule has 0 aliphatic rings. The fourth-order valence-electron chi connectivity index (χ4n) is 1.82. The smallest absolute Gasteiger partial charge is 0.247 e. The highest BCUT2D eigenvalue weighted by molar-refractivity contribution is 5.52. The van der Waals surface area contributed by atoms with Crippen LogP contribution in [0.15, 0.2) is 22.7 Å². The molecule has 0 saturated heterocycles. The molecule has 0 spiro atoms. The molecule has 0 fully saturated rings. The van der Waals surface area contributed by atoms with Crippen molar-refractivity contribution in [2.24, 2.45) is 0 Å². The van der Waals surface area contributed by atoms with Gasteiger partial charge in [-0.3, -0.25) is 4.98 Å². The van der Waals surface area contributed by atoms with Crippen molar-refractivity contribution in [3.05, 3.63) is 29.9 Å². The second kappa shape index (κ2) is 6.99. The van der Waals surface area contributed by atoms with Crippen molar-refractivity contribution in [3.8, 4) is 11.5 Å². The van der Waals surface area contributed by atoms with E-state index in [9.17, 15) is 0 Å². The molecule has 0 atom stereocenters. The van der Waals surface area contributed by atoms with Crippen LogP contribution in [-0.4, -0.2) is 28.3 Å². The Balaban J connectivity index is 1.88. The highest BCUT2D eigenvalue weighted by Gasteiger charge is 2.08. The van der Waals surface area contributed by atoms with Gasteiger partial charge in [0.15, 0.2) is 0 Å². The van der Waals surface area contributed by atoms with Crippen LogP contribution in [0.2, 0.25) is 0 Å². The summed E-state index contributed by atoms with van der Waals surface area (Å²) in [4.78, 5) is 4.15. The Kier molecular flexibility index (Phi) is 5.03.